The summed E-state index contributed by atoms with van der Waals surface area (Å²) in [5, 5.41) is 5.49. The van der Waals surface area contributed by atoms with Crippen LogP contribution < -0.4 is 10.6 Å². The third-order valence-electron chi connectivity index (χ3n) is 4.47. The average Bonchev–Trinajstić information content (AvgIpc) is 2.68. The van der Waals surface area contributed by atoms with Crippen LogP contribution in [0.4, 0.5) is 5.69 Å². The number of carbonyl (C=O) groups is 3. The molecule has 0 aliphatic rings. The molecular formula is C23H28N2O4. The monoisotopic (exact) mass is 396 g/mol. The highest BCUT2D eigenvalue weighted by atomic mass is 16.5. The first-order chi connectivity index (χ1) is 13.8. The molecule has 0 saturated carbocycles. The summed E-state index contributed by atoms with van der Waals surface area (Å²) in [4.78, 5) is 36.2. The smallest absolute Gasteiger partial charge is 0.309 e. The predicted octanol–water partition coefficient (Wildman–Crippen LogP) is 3.95. The van der Waals surface area contributed by atoms with Gasteiger partial charge in [0.15, 0.2) is 6.10 Å². The zero-order valence-electron chi connectivity index (χ0n) is 17.3. The zero-order valence-corrected chi connectivity index (χ0v) is 17.3. The van der Waals surface area contributed by atoms with Gasteiger partial charge in [-0.05, 0) is 36.1 Å². The molecule has 0 fully saturated rings. The molecule has 2 N–H and O–H groups in total. The third kappa shape index (κ3) is 7.07. The lowest BCUT2D eigenvalue weighted by Gasteiger charge is -2.19. The van der Waals surface area contributed by atoms with Gasteiger partial charge < -0.3 is 15.4 Å². The summed E-state index contributed by atoms with van der Waals surface area (Å²) in [6.07, 6.45) is -1.02. The number of hydrogen-bond acceptors (Lipinski definition) is 4. The standard InChI is InChI=1S/C23H28N2O4/c1-15(2)18-10-12-20(13-11-18)25-23(28)16(3)29-22(27)14-21(24-17(4)26)19-8-6-5-7-9-19/h5-13,15-16,21H,14H2,1-4H3,(H,24,26)(H,25,28)/t16-,21+/m1/s1. The number of anilines is 1. The fourth-order valence-electron chi connectivity index (χ4n) is 2.84. The highest BCUT2D eigenvalue weighted by Gasteiger charge is 2.22. The van der Waals surface area contributed by atoms with E-state index in [0.29, 0.717) is 11.6 Å². The highest BCUT2D eigenvalue weighted by Crippen LogP contribution is 2.19. The minimum absolute atomic E-state index is 0.0652. The average molecular weight is 396 g/mol. The molecule has 0 aliphatic carbocycles. The summed E-state index contributed by atoms with van der Waals surface area (Å²) >= 11 is 0. The van der Waals surface area contributed by atoms with Gasteiger partial charge in [0.1, 0.15) is 0 Å². The second-order valence-electron chi connectivity index (χ2n) is 7.27. The molecule has 0 bridgehead atoms. The molecule has 0 unspecified atom stereocenters. The molecule has 2 aromatic carbocycles. The van der Waals surface area contributed by atoms with Gasteiger partial charge in [0.2, 0.25) is 5.91 Å². The van der Waals surface area contributed by atoms with Crippen LogP contribution in [-0.4, -0.2) is 23.9 Å². The summed E-state index contributed by atoms with van der Waals surface area (Å²) < 4.78 is 5.28. The Labute approximate surface area is 171 Å². The normalized spacial score (nSPS) is 12.7. The van der Waals surface area contributed by atoms with E-state index in [1.807, 2.05) is 54.6 Å². The molecule has 2 rings (SSSR count). The van der Waals surface area contributed by atoms with Gasteiger partial charge in [-0.3, -0.25) is 14.4 Å². The van der Waals surface area contributed by atoms with Gasteiger partial charge in [0.25, 0.3) is 5.91 Å². The molecule has 0 aromatic heterocycles. The van der Waals surface area contributed by atoms with Crippen LogP contribution in [0.15, 0.2) is 54.6 Å². The van der Waals surface area contributed by atoms with Crippen molar-refractivity contribution in [2.75, 3.05) is 5.32 Å². The van der Waals surface area contributed by atoms with E-state index < -0.39 is 24.0 Å². The fourth-order valence-corrected chi connectivity index (χ4v) is 2.84. The zero-order chi connectivity index (χ0) is 21.4. The molecule has 2 aromatic rings. The molecule has 154 valence electrons. The van der Waals surface area contributed by atoms with Crippen LogP contribution in [0.2, 0.25) is 0 Å². The van der Waals surface area contributed by atoms with Crippen LogP contribution in [0.3, 0.4) is 0 Å². The van der Waals surface area contributed by atoms with Crippen molar-refractivity contribution < 1.29 is 19.1 Å². The summed E-state index contributed by atoms with van der Waals surface area (Å²) in [5.74, 6) is -0.820. The Morgan fingerprint density at radius 3 is 2.07 bits per heavy atom. The molecule has 0 heterocycles. The van der Waals surface area contributed by atoms with Gasteiger partial charge in [0, 0.05) is 12.6 Å². The molecular weight excluding hydrogens is 368 g/mol. The Bertz CT molecular complexity index is 832. The number of benzene rings is 2. The van der Waals surface area contributed by atoms with Crippen molar-refractivity contribution in [2.24, 2.45) is 0 Å². The Morgan fingerprint density at radius 1 is 0.897 bits per heavy atom. The van der Waals surface area contributed by atoms with E-state index in [-0.39, 0.29) is 12.3 Å². The van der Waals surface area contributed by atoms with Crippen LogP contribution in [0, 0.1) is 0 Å². The van der Waals surface area contributed by atoms with Gasteiger partial charge >= 0.3 is 5.97 Å². The van der Waals surface area contributed by atoms with Crippen molar-refractivity contribution in [3.63, 3.8) is 0 Å². The van der Waals surface area contributed by atoms with Crippen LogP contribution in [0.5, 0.6) is 0 Å². The fraction of sp³-hybridized carbons (Fsp3) is 0.348. The Morgan fingerprint density at radius 2 is 1.52 bits per heavy atom. The van der Waals surface area contributed by atoms with Crippen molar-refractivity contribution in [1.29, 1.82) is 0 Å². The molecule has 0 saturated heterocycles. The number of nitrogens with one attached hydrogen (secondary N) is 2. The lowest BCUT2D eigenvalue weighted by Crippen LogP contribution is -2.33. The summed E-state index contributed by atoms with van der Waals surface area (Å²) in [5.41, 5.74) is 2.61. The van der Waals surface area contributed by atoms with Gasteiger partial charge in [-0.15, -0.1) is 0 Å². The van der Waals surface area contributed by atoms with E-state index in [4.69, 9.17) is 4.74 Å². The van der Waals surface area contributed by atoms with E-state index in [2.05, 4.69) is 24.5 Å². The Balaban J connectivity index is 1.93. The van der Waals surface area contributed by atoms with E-state index in [0.717, 1.165) is 5.56 Å². The van der Waals surface area contributed by atoms with E-state index >= 15 is 0 Å². The van der Waals surface area contributed by atoms with E-state index in [9.17, 15) is 14.4 Å². The van der Waals surface area contributed by atoms with Crippen LogP contribution in [-0.2, 0) is 19.1 Å². The maximum Gasteiger partial charge on any atom is 0.309 e. The van der Waals surface area contributed by atoms with Gasteiger partial charge in [-0.1, -0.05) is 56.3 Å². The molecule has 29 heavy (non-hydrogen) atoms. The van der Waals surface area contributed by atoms with Crippen molar-refractivity contribution in [3.05, 3.63) is 65.7 Å². The topological polar surface area (TPSA) is 84.5 Å². The number of amides is 2. The number of ether oxygens (including phenoxy) is 1. The van der Waals surface area contributed by atoms with Crippen LogP contribution >= 0.6 is 0 Å². The number of rotatable bonds is 8. The first kappa shape index (κ1) is 22.1. The Hall–Kier alpha value is -3.15. The number of esters is 1. The molecule has 0 radical (unpaired) electrons. The quantitative estimate of drug-likeness (QED) is 0.662. The SMILES string of the molecule is CC(=O)N[C@@H](CC(=O)O[C@H](C)C(=O)Nc1ccc(C(C)C)cc1)c1ccccc1. The van der Waals surface area contributed by atoms with Crippen molar-refractivity contribution in [1.82, 2.24) is 5.32 Å². The van der Waals surface area contributed by atoms with Crippen molar-refractivity contribution >= 4 is 23.5 Å². The van der Waals surface area contributed by atoms with Crippen LogP contribution in [0.25, 0.3) is 0 Å². The molecule has 6 nitrogen and oxygen atoms in total. The molecule has 2 amide bonds. The molecule has 2 atom stereocenters. The summed E-state index contributed by atoms with van der Waals surface area (Å²) in [6.45, 7) is 7.10. The van der Waals surface area contributed by atoms with Gasteiger partial charge in [-0.2, -0.15) is 0 Å². The first-order valence-electron chi connectivity index (χ1n) is 9.68. The van der Waals surface area contributed by atoms with Crippen molar-refractivity contribution in [2.45, 2.75) is 52.2 Å². The maximum absolute atomic E-state index is 12.3. The van der Waals surface area contributed by atoms with Crippen molar-refractivity contribution in [3.8, 4) is 0 Å². The second kappa shape index (κ2) is 10.4. The van der Waals surface area contributed by atoms with E-state index in [1.54, 1.807) is 0 Å². The summed E-state index contributed by atoms with van der Waals surface area (Å²) in [6, 6.07) is 16.2. The number of hydrogen-bond donors (Lipinski definition) is 2. The van der Waals surface area contributed by atoms with Crippen LogP contribution in [0.1, 0.15) is 57.2 Å². The molecule has 0 spiro atoms. The lowest BCUT2D eigenvalue weighted by atomic mass is 10.0. The minimum Gasteiger partial charge on any atom is -0.452 e. The third-order valence-corrected chi connectivity index (χ3v) is 4.47. The number of carbonyl (C=O) groups excluding carboxylic acids is 3. The second-order valence-corrected chi connectivity index (χ2v) is 7.27. The minimum atomic E-state index is -0.957. The summed E-state index contributed by atoms with van der Waals surface area (Å²) in [7, 11) is 0. The van der Waals surface area contributed by atoms with Gasteiger partial charge in [-0.25, -0.2) is 0 Å². The predicted molar refractivity (Wildman–Crippen MR) is 112 cm³/mol. The highest BCUT2D eigenvalue weighted by molar-refractivity contribution is 5.95. The van der Waals surface area contributed by atoms with E-state index in [1.165, 1.54) is 19.4 Å². The lowest BCUT2D eigenvalue weighted by molar-refractivity contribution is -0.153. The first-order valence-corrected chi connectivity index (χ1v) is 9.68. The van der Waals surface area contributed by atoms with Gasteiger partial charge in [0.05, 0.1) is 12.5 Å². The maximum atomic E-state index is 12.3. The molecule has 0 aliphatic heterocycles. The molecule has 6 heteroatoms. The Kier molecular flexibility index (Phi) is 7.95. The largest absolute Gasteiger partial charge is 0.452 e.